The van der Waals surface area contributed by atoms with Crippen molar-refractivity contribution in [1.29, 1.82) is 0 Å². The second-order valence-corrected chi connectivity index (χ2v) is 12.2. The average molecular weight is 547 g/mol. The number of benzene rings is 3. The van der Waals surface area contributed by atoms with Crippen LogP contribution in [0.5, 0.6) is 5.75 Å². The zero-order chi connectivity index (χ0) is 25.8. The molecule has 0 spiro atoms. The highest BCUT2D eigenvalue weighted by Gasteiger charge is 2.38. The molecule has 1 saturated carbocycles. The van der Waals surface area contributed by atoms with Crippen LogP contribution in [0.1, 0.15) is 50.2 Å². The molecule has 36 heavy (non-hydrogen) atoms. The van der Waals surface area contributed by atoms with Crippen molar-refractivity contribution in [1.82, 2.24) is 0 Å². The van der Waals surface area contributed by atoms with Crippen molar-refractivity contribution in [3.63, 3.8) is 0 Å². The third-order valence-electron chi connectivity index (χ3n) is 6.56. The first-order chi connectivity index (χ1) is 17.2. The SMILES string of the molecule is CCS(=O)(=O)c1ccc(CC(=O)Nc2ccc(OC3(c4ccc(Cl)cc4Cl)CCCCC3)cc2)cc1. The van der Waals surface area contributed by atoms with E-state index in [2.05, 4.69) is 5.32 Å². The van der Waals surface area contributed by atoms with E-state index in [0.29, 0.717) is 21.5 Å². The lowest BCUT2D eigenvalue weighted by Crippen LogP contribution is -2.35. The number of carbonyl (C=O) groups excluding carboxylic acids is 1. The van der Waals surface area contributed by atoms with Crippen LogP contribution in [-0.2, 0) is 26.7 Å². The Morgan fingerprint density at radius 2 is 1.61 bits per heavy atom. The zero-order valence-electron chi connectivity index (χ0n) is 20.1. The molecule has 1 N–H and O–H groups in total. The Morgan fingerprint density at radius 3 is 2.22 bits per heavy atom. The van der Waals surface area contributed by atoms with Gasteiger partial charge in [0.05, 0.1) is 17.1 Å². The summed E-state index contributed by atoms with van der Waals surface area (Å²) in [6.45, 7) is 1.61. The molecule has 3 aromatic carbocycles. The number of hydrogen-bond acceptors (Lipinski definition) is 4. The molecule has 1 aliphatic rings. The van der Waals surface area contributed by atoms with Crippen LogP contribution >= 0.6 is 23.2 Å². The molecular weight excluding hydrogens is 517 g/mol. The molecule has 0 bridgehead atoms. The van der Waals surface area contributed by atoms with Crippen molar-refractivity contribution in [2.45, 2.75) is 55.9 Å². The Labute approximate surface area is 222 Å². The van der Waals surface area contributed by atoms with Gasteiger partial charge in [0.1, 0.15) is 11.4 Å². The van der Waals surface area contributed by atoms with Crippen LogP contribution in [0.4, 0.5) is 5.69 Å². The van der Waals surface area contributed by atoms with Gasteiger partial charge in [-0.1, -0.05) is 54.7 Å². The van der Waals surface area contributed by atoms with Gasteiger partial charge in [-0.25, -0.2) is 8.42 Å². The Balaban J connectivity index is 1.42. The monoisotopic (exact) mass is 545 g/mol. The van der Waals surface area contributed by atoms with Crippen LogP contribution in [0.2, 0.25) is 10.0 Å². The number of hydrogen-bond donors (Lipinski definition) is 1. The molecular formula is C28H29Cl2NO4S. The van der Waals surface area contributed by atoms with E-state index < -0.39 is 15.4 Å². The van der Waals surface area contributed by atoms with Gasteiger partial charge >= 0.3 is 0 Å². The number of ether oxygens (including phenoxy) is 1. The Hall–Kier alpha value is -2.54. The van der Waals surface area contributed by atoms with Crippen molar-refractivity contribution in [2.24, 2.45) is 0 Å². The molecule has 0 atom stereocenters. The average Bonchev–Trinajstić information content (AvgIpc) is 2.86. The van der Waals surface area contributed by atoms with Gasteiger partial charge < -0.3 is 10.1 Å². The molecule has 4 rings (SSSR count). The van der Waals surface area contributed by atoms with Crippen LogP contribution < -0.4 is 10.1 Å². The minimum atomic E-state index is -3.26. The van der Waals surface area contributed by atoms with Crippen molar-refractivity contribution >= 4 is 44.6 Å². The van der Waals surface area contributed by atoms with Gasteiger partial charge in [0.25, 0.3) is 0 Å². The molecule has 1 fully saturated rings. The molecule has 190 valence electrons. The lowest BCUT2D eigenvalue weighted by molar-refractivity contribution is -0.115. The first-order valence-electron chi connectivity index (χ1n) is 12.1. The number of anilines is 1. The normalized spacial score (nSPS) is 15.3. The highest BCUT2D eigenvalue weighted by atomic mass is 35.5. The van der Waals surface area contributed by atoms with Gasteiger partial charge in [-0.3, -0.25) is 4.79 Å². The van der Waals surface area contributed by atoms with Gasteiger partial charge in [-0.2, -0.15) is 0 Å². The van der Waals surface area contributed by atoms with Gasteiger partial charge in [0.15, 0.2) is 9.84 Å². The van der Waals surface area contributed by atoms with E-state index in [-0.39, 0.29) is 23.0 Å². The van der Waals surface area contributed by atoms with Gasteiger partial charge in [-0.15, -0.1) is 0 Å². The van der Waals surface area contributed by atoms with Gasteiger partial charge in [0, 0.05) is 21.3 Å². The van der Waals surface area contributed by atoms with Crippen LogP contribution in [-0.4, -0.2) is 20.1 Å². The molecule has 0 saturated heterocycles. The summed E-state index contributed by atoms with van der Waals surface area (Å²) in [6, 6.07) is 19.3. The lowest BCUT2D eigenvalue weighted by Gasteiger charge is -2.38. The second kappa shape index (κ2) is 11.2. The minimum Gasteiger partial charge on any atom is -0.483 e. The minimum absolute atomic E-state index is 0.0421. The fourth-order valence-corrected chi connectivity index (χ4v) is 6.08. The van der Waals surface area contributed by atoms with Gasteiger partial charge in [0.2, 0.25) is 5.91 Å². The maximum Gasteiger partial charge on any atom is 0.228 e. The summed E-state index contributed by atoms with van der Waals surface area (Å²) < 4.78 is 30.5. The molecule has 0 heterocycles. The van der Waals surface area contributed by atoms with Crippen LogP contribution in [0, 0.1) is 0 Å². The van der Waals surface area contributed by atoms with E-state index in [1.54, 1.807) is 37.3 Å². The molecule has 0 radical (unpaired) electrons. The number of carbonyl (C=O) groups is 1. The van der Waals surface area contributed by atoms with Crippen LogP contribution in [0.3, 0.4) is 0 Å². The Bertz CT molecular complexity index is 1320. The third-order valence-corrected chi connectivity index (χ3v) is 8.86. The fraction of sp³-hybridized carbons (Fsp3) is 0.321. The summed E-state index contributed by atoms with van der Waals surface area (Å²) in [4.78, 5) is 12.8. The number of halogens is 2. The summed E-state index contributed by atoms with van der Waals surface area (Å²) >= 11 is 12.7. The summed E-state index contributed by atoms with van der Waals surface area (Å²) in [5, 5.41) is 4.08. The van der Waals surface area contributed by atoms with Crippen molar-refractivity contribution < 1.29 is 17.9 Å². The quantitative estimate of drug-likeness (QED) is 0.324. The highest BCUT2D eigenvalue weighted by molar-refractivity contribution is 7.91. The zero-order valence-corrected chi connectivity index (χ0v) is 22.4. The molecule has 0 unspecified atom stereocenters. The molecule has 8 heteroatoms. The maximum absolute atomic E-state index is 12.5. The highest BCUT2D eigenvalue weighted by Crippen LogP contribution is 2.44. The summed E-state index contributed by atoms with van der Waals surface area (Å²) in [7, 11) is -3.26. The number of rotatable bonds is 8. The van der Waals surface area contributed by atoms with Crippen molar-refractivity contribution in [3.8, 4) is 5.75 Å². The second-order valence-electron chi connectivity index (χ2n) is 9.08. The largest absolute Gasteiger partial charge is 0.483 e. The molecule has 5 nitrogen and oxygen atoms in total. The van der Waals surface area contributed by atoms with E-state index in [9.17, 15) is 13.2 Å². The number of nitrogens with one attached hydrogen (secondary N) is 1. The Kier molecular flexibility index (Phi) is 8.28. The predicted octanol–water partition coefficient (Wildman–Crippen LogP) is 7.21. The number of sulfone groups is 1. The summed E-state index contributed by atoms with van der Waals surface area (Å²) in [5.41, 5.74) is 1.83. The van der Waals surface area contributed by atoms with Crippen molar-refractivity contribution in [2.75, 3.05) is 11.1 Å². The molecule has 0 aliphatic heterocycles. The standard InChI is InChI=1S/C28H29Cl2NO4S/c1-2-36(33,34)24-13-6-20(7-14-24)18-27(32)31-22-9-11-23(12-10-22)35-28(16-4-3-5-17-28)25-15-8-21(29)19-26(25)30/h6-15,19H,2-5,16-18H2,1H3,(H,31,32). The summed E-state index contributed by atoms with van der Waals surface area (Å²) in [6.07, 6.45) is 5.15. The molecule has 3 aromatic rings. The van der Waals surface area contributed by atoms with E-state index in [1.807, 2.05) is 36.4 Å². The van der Waals surface area contributed by atoms with E-state index >= 15 is 0 Å². The van der Waals surface area contributed by atoms with Crippen LogP contribution in [0.25, 0.3) is 0 Å². The smallest absolute Gasteiger partial charge is 0.228 e. The summed E-state index contributed by atoms with van der Waals surface area (Å²) in [5.74, 6) is 0.556. The topological polar surface area (TPSA) is 72.5 Å². The van der Waals surface area contributed by atoms with E-state index in [0.717, 1.165) is 36.8 Å². The number of amides is 1. The van der Waals surface area contributed by atoms with E-state index in [4.69, 9.17) is 27.9 Å². The third kappa shape index (κ3) is 6.23. The molecule has 0 aromatic heterocycles. The Morgan fingerprint density at radius 1 is 0.944 bits per heavy atom. The molecule has 1 amide bonds. The fourth-order valence-electron chi connectivity index (χ4n) is 4.61. The van der Waals surface area contributed by atoms with E-state index in [1.165, 1.54) is 6.42 Å². The predicted molar refractivity (Wildman–Crippen MR) is 145 cm³/mol. The first-order valence-corrected chi connectivity index (χ1v) is 14.5. The maximum atomic E-state index is 12.5. The van der Waals surface area contributed by atoms with Crippen molar-refractivity contribution in [3.05, 3.63) is 87.9 Å². The first kappa shape index (κ1) is 26.5. The lowest BCUT2D eigenvalue weighted by atomic mass is 9.79. The molecule has 1 aliphatic carbocycles. The van der Waals surface area contributed by atoms with Gasteiger partial charge in [-0.05, 0) is 79.8 Å². The van der Waals surface area contributed by atoms with Crippen LogP contribution in [0.15, 0.2) is 71.6 Å².